The number of anilines is 3. The average Bonchev–Trinajstić information content (AvgIpc) is 3.21. The first-order valence-electron chi connectivity index (χ1n) is 9.87. The van der Waals surface area contributed by atoms with Crippen LogP contribution in [0.1, 0.15) is 16.8 Å². The number of nitrogens with zero attached hydrogens (tertiary/aromatic N) is 2. The molecule has 2 heterocycles. The van der Waals surface area contributed by atoms with Crippen LogP contribution in [0.15, 0.2) is 62.6 Å². The van der Waals surface area contributed by atoms with Crippen molar-refractivity contribution in [1.29, 1.82) is 0 Å². The quantitative estimate of drug-likeness (QED) is 0.459. The molecule has 9 nitrogen and oxygen atoms in total. The molecule has 0 fully saturated rings. The third-order valence-corrected chi connectivity index (χ3v) is 7.43. The summed E-state index contributed by atoms with van der Waals surface area (Å²) in [6.45, 7) is 5.06. The number of carbonyl (C=O) groups excluding carboxylic acids is 2. The number of aromatic nitrogens is 1. The highest BCUT2D eigenvalue weighted by Gasteiger charge is 2.39. The Kier molecular flexibility index (Phi) is 6.15. The van der Waals surface area contributed by atoms with Gasteiger partial charge in [0.25, 0.3) is 21.8 Å². The van der Waals surface area contributed by atoms with E-state index in [0.717, 1.165) is 4.90 Å². The van der Waals surface area contributed by atoms with Gasteiger partial charge in [0.2, 0.25) is 5.88 Å². The summed E-state index contributed by atoms with van der Waals surface area (Å²) >= 11 is 12.3. The summed E-state index contributed by atoms with van der Waals surface area (Å²) in [7, 11) is -3.94. The van der Waals surface area contributed by atoms with Gasteiger partial charge in [-0.15, -0.1) is 0 Å². The van der Waals surface area contributed by atoms with Crippen LogP contribution in [0.5, 0.6) is 0 Å². The lowest BCUT2D eigenvalue weighted by atomic mass is 10.2. The molecule has 176 valence electrons. The van der Waals surface area contributed by atoms with Crippen LogP contribution in [0.4, 0.5) is 17.3 Å². The smallest absolute Gasteiger partial charge is 0.283 e. The van der Waals surface area contributed by atoms with E-state index < -0.39 is 21.8 Å². The second kappa shape index (κ2) is 8.79. The van der Waals surface area contributed by atoms with Gasteiger partial charge in [-0.1, -0.05) is 34.4 Å². The Bertz CT molecular complexity index is 1460. The number of halogens is 2. The van der Waals surface area contributed by atoms with E-state index in [0.29, 0.717) is 33.2 Å². The SMILES string of the molecule is Cc1noc(NS(=O)(=O)c2ccc(NC3=C(Cl)C(=O)N(c4cccc(Cl)c4C)C3=O)cc2)c1C. The second-order valence-corrected chi connectivity index (χ2v) is 9.96. The van der Waals surface area contributed by atoms with Crippen LogP contribution in [-0.4, -0.2) is 25.4 Å². The molecule has 0 radical (unpaired) electrons. The van der Waals surface area contributed by atoms with E-state index in [1.165, 1.54) is 24.3 Å². The van der Waals surface area contributed by atoms with Crippen molar-refractivity contribution in [2.24, 2.45) is 0 Å². The Morgan fingerprint density at radius 3 is 2.24 bits per heavy atom. The van der Waals surface area contributed by atoms with Gasteiger partial charge in [0.15, 0.2) is 0 Å². The molecule has 0 unspecified atom stereocenters. The molecule has 3 aromatic rings. The Morgan fingerprint density at radius 1 is 0.941 bits per heavy atom. The molecule has 0 saturated heterocycles. The highest BCUT2D eigenvalue weighted by Crippen LogP contribution is 2.34. The molecule has 1 aromatic heterocycles. The number of imide groups is 1. The Hall–Kier alpha value is -3.34. The van der Waals surface area contributed by atoms with Gasteiger partial charge in [-0.3, -0.25) is 9.59 Å². The van der Waals surface area contributed by atoms with Crippen molar-refractivity contribution in [3.8, 4) is 0 Å². The fraction of sp³-hybridized carbons (Fsp3) is 0.136. The summed E-state index contributed by atoms with van der Waals surface area (Å²) in [5.74, 6) is -1.32. The van der Waals surface area contributed by atoms with Crippen molar-refractivity contribution in [1.82, 2.24) is 5.16 Å². The lowest BCUT2D eigenvalue weighted by Crippen LogP contribution is -2.32. The molecule has 2 amide bonds. The number of amides is 2. The zero-order valence-corrected chi connectivity index (χ0v) is 20.5. The van der Waals surface area contributed by atoms with Crippen LogP contribution >= 0.6 is 23.2 Å². The molecule has 0 aliphatic carbocycles. The maximum Gasteiger partial charge on any atom is 0.283 e. The van der Waals surface area contributed by atoms with Crippen molar-refractivity contribution in [2.45, 2.75) is 25.7 Å². The van der Waals surface area contributed by atoms with E-state index in [9.17, 15) is 18.0 Å². The fourth-order valence-corrected chi connectivity index (χ4v) is 4.65. The maximum atomic E-state index is 13.0. The first-order chi connectivity index (χ1) is 16.0. The summed E-state index contributed by atoms with van der Waals surface area (Å²) < 4.78 is 32.7. The zero-order chi connectivity index (χ0) is 24.8. The van der Waals surface area contributed by atoms with Crippen LogP contribution in [0.2, 0.25) is 5.02 Å². The predicted molar refractivity (Wildman–Crippen MR) is 128 cm³/mol. The molecule has 2 N–H and O–H groups in total. The van der Waals surface area contributed by atoms with Gasteiger partial charge in [0, 0.05) is 16.3 Å². The number of benzene rings is 2. The first-order valence-corrected chi connectivity index (χ1v) is 12.1. The summed E-state index contributed by atoms with van der Waals surface area (Å²) in [5.41, 5.74) is 2.24. The number of carbonyl (C=O) groups is 2. The Morgan fingerprint density at radius 2 is 1.62 bits per heavy atom. The van der Waals surface area contributed by atoms with Crippen molar-refractivity contribution >= 4 is 62.3 Å². The van der Waals surface area contributed by atoms with Gasteiger partial charge in [-0.05, 0) is 62.7 Å². The van der Waals surface area contributed by atoms with Gasteiger partial charge in [0.1, 0.15) is 10.7 Å². The number of hydrogen-bond donors (Lipinski definition) is 2. The van der Waals surface area contributed by atoms with Gasteiger partial charge in [-0.2, -0.15) is 0 Å². The van der Waals surface area contributed by atoms with Crippen molar-refractivity contribution in [3.63, 3.8) is 0 Å². The molecule has 12 heteroatoms. The van der Waals surface area contributed by atoms with E-state index in [1.54, 1.807) is 39.0 Å². The molecule has 0 bridgehead atoms. The van der Waals surface area contributed by atoms with Crippen molar-refractivity contribution < 1.29 is 22.5 Å². The van der Waals surface area contributed by atoms with E-state index in [1.807, 2.05) is 0 Å². The van der Waals surface area contributed by atoms with Gasteiger partial charge in [-0.25, -0.2) is 18.0 Å². The molecule has 34 heavy (non-hydrogen) atoms. The Balaban J connectivity index is 1.55. The van der Waals surface area contributed by atoms with Crippen LogP contribution < -0.4 is 14.9 Å². The molecule has 0 saturated carbocycles. The molecule has 1 aliphatic heterocycles. The third-order valence-electron chi connectivity index (χ3n) is 5.33. The van der Waals surface area contributed by atoms with Crippen LogP contribution in [0, 0.1) is 20.8 Å². The minimum Gasteiger partial charge on any atom is -0.350 e. The summed E-state index contributed by atoms with van der Waals surface area (Å²) in [4.78, 5) is 26.6. The number of sulfonamides is 1. The van der Waals surface area contributed by atoms with Crippen molar-refractivity contribution in [3.05, 3.63) is 75.0 Å². The number of hydrogen-bond acceptors (Lipinski definition) is 7. The van der Waals surface area contributed by atoms with Crippen LogP contribution in [0.25, 0.3) is 0 Å². The van der Waals surface area contributed by atoms with Crippen molar-refractivity contribution in [2.75, 3.05) is 14.9 Å². The number of aryl methyl sites for hydroxylation is 1. The minimum absolute atomic E-state index is 0.0307. The summed E-state index contributed by atoms with van der Waals surface area (Å²) in [6.07, 6.45) is 0. The third kappa shape index (κ3) is 4.15. The topological polar surface area (TPSA) is 122 Å². The van der Waals surface area contributed by atoms with E-state index in [-0.39, 0.29) is 21.5 Å². The standard InChI is InChI=1S/C22H18Cl2N4O5S/c1-11-13(3)26-33-20(11)27-34(31,32)15-9-7-14(8-10-15)25-19-18(24)21(29)28(22(19)30)17-6-4-5-16(23)12(17)2/h4-10,25,27H,1-3H3. The monoisotopic (exact) mass is 520 g/mol. The highest BCUT2D eigenvalue weighted by molar-refractivity contribution is 7.92. The van der Waals surface area contributed by atoms with Gasteiger partial charge < -0.3 is 9.84 Å². The summed E-state index contributed by atoms with van der Waals surface area (Å²) in [6, 6.07) is 10.4. The second-order valence-electron chi connectivity index (χ2n) is 7.50. The van der Waals surface area contributed by atoms with Crippen LogP contribution in [-0.2, 0) is 19.6 Å². The number of nitrogens with one attached hydrogen (secondary N) is 2. The van der Waals surface area contributed by atoms with E-state index in [2.05, 4.69) is 15.2 Å². The van der Waals surface area contributed by atoms with Gasteiger partial charge in [0.05, 0.1) is 16.3 Å². The largest absolute Gasteiger partial charge is 0.350 e. The predicted octanol–water partition coefficient (Wildman–Crippen LogP) is 4.49. The molecule has 4 rings (SSSR count). The number of rotatable bonds is 6. The fourth-order valence-electron chi connectivity index (χ4n) is 3.22. The minimum atomic E-state index is -3.94. The van der Waals surface area contributed by atoms with E-state index >= 15 is 0 Å². The highest BCUT2D eigenvalue weighted by atomic mass is 35.5. The average molecular weight is 521 g/mol. The zero-order valence-electron chi connectivity index (χ0n) is 18.1. The lowest BCUT2D eigenvalue weighted by molar-refractivity contribution is -0.120. The van der Waals surface area contributed by atoms with Gasteiger partial charge >= 0.3 is 0 Å². The molecule has 0 spiro atoms. The van der Waals surface area contributed by atoms with E-state index in [4.69, 9.17) is 27.7 Å². The lowest BCUT2D eigenvalue weighted by Gasteiger charge is -2.18. The van der Waals surface area contributed by atoms with Crippen LogP contribution in [0.3, 0.4) is 0 Å². The molecular formula is C22H18Cl2N4O5S. The Labute approximate surface area is 205 Å². The molecule has 0 atom stereocenters. The maximum absolute atomic E-state index is 13.0. The molecule has 2 aromatic carbocycles. The normalized spacial score (nSPS) is 14.2. The summed E-state index contributed by atoms with van der Waals surface area (Å²) in [5, 5.41) is 6.64. The first kappa shape index (κ1) is 23.8. The molecular weight excluding hydrogens is 503 g/mol. The molecule has 1 aliphatic rings.